The van der Waals surface area contributed by atoms with E-state index in [-0.39, 0.29) is 16.7 Å². The normalized spacial score (nSPS) is 10.4. The van der Waals surface area contributed by atoms with Crippen LogP contribution in [0, 0.1) is 10.1 Å². The summed E-state index contributed by atoms with van der Waals surface area (Å²) in [6.45, 7) is 0. The van der Waals surface area contributed by atoms with Gasteiger partial charge in [0.1, 0.15) is 6.20 Å². The van der Waals surface area contributed by atoms with Crippen molar-refractivity contribution >= 4 is 44.6 Å². The van der Waals surface area contributed by atoms with E-state index >= 15 is 0 Å². The predicted molar refractivity (Wildman–Crippen MR) is 64.7 cm³/mol. The highest BCUT2D eigenvalue weighted by atomic mass is 79.9. The Balaban J connectivity index is 2.67. The number of aromatic nitrogens is 2. The second kappa shape index (κ2) is 4.44. The summed E-state index contributed by atoms with van der Waals surface area (Å²) in [6, 6.07) is 0. The lowest BCUT2D eigenvalue weighted by molar-refractivity contribution is -0.384. The van der Waals surface area contributed by atoms with Crippen LogP contribution in [-0.4, -0.2) is 14.9 Å². The topological polar surface area (TPSA) is 68.9 Å². The SMILES string of the molecule is O=[N+]([O-])c1cnc(Cl)nc1-c1cscc1Br. The summed E-state index contributed by atoms with van der Waals surface area (Å²) in [4.78, 5) is 17.8. The fourth-order valence-electron chi connectivity index (χ4n) is 1.14. The minimum atomic E-state index is -0.532. The van der Waals surface area contributed by atoms with E-state index in [4.69, 9.17) is 11.6 Å². The van der Waals surface area contributed by atoms with E-state index in [0.29, 0.717) is 5.56 Å². The number of rotatable bonds is 2. The van der Waals surface area contributed by atoms with E-state index in [0.717, 1.165) is 10.7 Å². The summed E-state index contributed by atoms with van der Waals surface area (Å²) >= 11 is 10.3. The van der Waals surface area contributed by atoms with Crippen LogP contribution in [0.4, 0.5) is 5.69 Å². The zero-order valence-corrected chi connectivity index (χ0v) is 10.7. The van der Waals surface area contributed by atoms with Crippen molar-refractivity contribution in [2.45, 2.75) is 0 Å². The van der Waals surface area contributed by atoms with Gasteiger partial charge in [0.2, 0.25) is 5.28 Å². The molecule has 0 aromatic carbocycles. The monoisotopic (exact) mass is 319 g/mol. The van der Waals surface area contributed by atoms with Crippen LogP contribution in [0.3, 0.4) is 0 Å². The highest BCUT2D eigenvalue weighted by Crippen LogP contribution is 2.35. The van der Waals surface area contributed by atoms with Crippen LogP contribution in [0.2, 0.25) is 5.28 Å². The first-order valence-corrected chi connectivity index (χ1v) is 6.10. The molecule has 8 heteroatoms. The maximum atomic E-state index is 10.8. The Morgan fingerprint density at radius 2 is 2.25 bits per heavy atom. The van der Waals surface area contributed by atoms with Gasteiger partial charge in [0.05, 0.1) is 4.92 Å². The van der Waals surface area contributed by atoms with Crippen LogP contribution < -0.4 is 0 Å². The molecule has 0 atom stereocenters. The van der Waals surface area contributed by atoms with Crippen LogP contribution in [0.1, 0.15) is 0 Å². The van der Waals surface area contributed by atoms with E-state index in [9.17, 15) is 10.1 Å². The standard InChI is InChI=1S/C8H3BrClN3O2S/c9-5-3-16-2-4(5)7-6(13(14)15)1-11-8(10)12-7/h1-3H. The first-order valence-electron chi connectivity index (χ1n) is 3.98. The van der Waals surface area contributed by atoms with Gasteiger partial charge in [-0.3, -0.25) is 10.1 Å². The Hall–Kier alpha value is -1.05. The Morgan fingerprint density at radius 1 is 1.50 bits per heavy atom. The smallest absolute Gasteiger partial charge is 0.258 e. The molecule has 2 aromatic heterocycles. The highest BCUT2D eigenvalue weighted by molar-refractivity contribution is 9.10. The molecule has 0 bridgehead atoms. The number of nitrogens with zero attached hydrogens (tertiary/aromatic N) is 3. The van der Waals surface area contributed by atoms with Gasteiger partial charge in [0.25, 0.3) is 0 Å². The van der Waals surface area contributed by atoms with Gasteiger partial charge in [0, 0.05) is 20.8 Å². The summed E-state index contributed by atoms with van der Waals surface area (Å²) < 4.78 is 0.746. The maximum Gasteiger partial charge on any atom is 0.313 e. The number of nitro groups is 1. The third-order valence-electron chi connectivity index (χ3n) is 1.81. The lowest BCUT2D eigenvalue weighted by Gasteiger charge is -2.00. The lowest BCUT2D eigenvalue weighted by atomic mass is 10.2. The molecule has 16 heavy (non-hydrogen) atoms. The van der Waals surface area contributed by atoms with Crippen LogP contribution in [0.15, 0.2) is 21.4 Å². The molecule has 0 aliphatic rings. The van der Waals surface area contributed by atoms with E-state index in [1.165, 1.54) is 11.3 Å². The van der Waals surface area contributed by atoms with Crippen molar-refractivity contribution in [3.05, 3.63) is 36.8 Å². The van der Waals surface area contributed by atoms with Gasteiger partial charge < -0.3 is 0 Å². The third kappa shape index (κ3) is 2.06. The fourth-order valence-corrected chi connectivity index (χ4v) is 2.74. The van der Waals surface area contributed by atoms with Crippen molar-refractivity contribution in [3.63, 3.8) is 0 Å². The van der Waals surface area contributed by atoms with Crippen LogP contribution in [0.5, 0.6) is 0 Å². The predicted octanol–water partition coefficient (Wildman–Crippen LogP) is 3.53. The van der Waals surface area contributed by atoms with Gasteiger partial charge in [-0.1, -0.05) is 0 Å². The van der Waals surface area contributed by atoms with Crippen molar-refractivity contribution in [2.24, 2.45) is 0 Å². The molecule has 0 fully saturated rings. The zero-order valence-electron chi connectivity index (χ0n) is 7.55. The average Bonchev–Trinajstić information content (AvgIpc) is 2.63. The summed E-state index contributed by atoms with van der Waals surface area (Å²) in [5.74, 6) is 0. The highest BCUT2D eigenvalue weighted by Gasteiger charge is 2.20. The molecule has 5 nitrogen and oxygen atoms in total. The Bertz CT molecular complexity index is 560. The molecule has 0 N–H and O–H groups in total. The summed E-state index contributed by atoms with van der Waals surface area (Å²) in [5, 5.41) is 14.4. The Kier molecular flexibility index (Phi) is 3.17. The molecule has 0 amide bonds. The molecular formula is C8H3BrClN3O2S. The second-order valence-corrected chi connectivity index (χ2v) is 4.70. The van der Waals surface area contributed by atoms with Crippen LogP contribution in [0.25, 0.3) is 11.3 Å². The summed E-state index contributed by atoms with van der Waals surface area (Å²) in [7, 11) is 0. The van der Waals surface area contributed by atoms with Crippen LogP contribution >= 0.6 is 38.9 Å². The van der Waals surface area contributed by atoms with E-state index in [1.54, 1.807) is 5.38 Å². The molecule has 0 saturated heterocycles. The van der Waals surface area contributed by atoms with Crippen molar-refractivity contribution in [3.8, 4) is 11.3 Å². The second-order valence-electron chi connectivity index (χ2n) is 2.76. The molecule has 0 aliphatic heterocycles. The Labute approximate surface area is 107 Å². The van der Waals surface area contributed by atoms with Gasteiger partial charge in [-0.15, -0.1) is 0 Å². The average molecular weight is 321 g/mol. The van der Waals surface area contributed by atoms with Crippen LogP contribution in [-0.2, 0) is 0 Å². The summed E-state index contributed by atoms with van der Waals surface area (Å²) in [5.41, 5.74) is 0.697. The first-order chi connectivity index (χ1) is 7.59. The van der Waals surface area contributed by atoms with E-state index in [1.807, 2.05) is 5.38 Å². The molecule has 2 heterocycles. The molecule has 0 unspecified atom stereocenters. The molecule has 0 aliphatic carbocycles. The Morgan fingerprint density at radius 3 is 2.81 bits per heavy atom. The number of halogens is 2. The molecule has 0 saturated carbocycles. The molecule has 82 valence electrons. The number of hydrogen-bond donors (Lipinski definition) is 0. The van der Waals surface area contributed by atoms with Gasteiger partial charge in [-0.05, 0) is 27.5 Å². The van der Waals surface area contributed by atoms with Gasteiger partial charge in [-0.2, -0.15) is 11.3 Å². The molecule has 0 spiro atoms. The molecule has 2 rings (SSSR count). The van der Waals surface area contributed by atoms with Crippen molar-refractivity contribution in [1.82, 2.24) is 9.97 Å². The van der Waals surface area contributed by atoms with Gasteiger partial charge in [0.15, 0.2) is 5.69 Å². The molecule has 2 aromatic rings. The third-order valence-corrected chi connectivity index (χ3v) is 3.69. The quantitative estimate of drug-likeness (QED) is 0.482. The van der Waals surface area contributed by atoms with Crippen molar-refractivity contribution in [1.29, 1.82) is 0 Å². The maximum absolute atomic E-state index is 10.8. The van der Waals surface area contributed by atoms with E-state index in [2.05, 4.69) is 25.9 Å². The first kappa shape index (κ1) is 11.4. The minimum Gasteiger partial charge on any atom is -0.258 e. The lowest BCUT2D eigenvalue weighted by Crippen LogP contribution is -1.96. The molecule has 0 radical (unpaired) electrons. The van der Waals surface area contributed by atoms with Gasteiger partial charge >= 0.3 is 5.69 Å². The number of thiophene rings is 1. The van der Waals surface area contributed by atoms with E-state index < -0.39 is 4.92 Å². The minimum absolute atomic E-state index is 0.0151. The summed E-state index contributed by atoms with van der Waals surface area (Å²) in [6.07, 6.45) is 1.11. The van der Waals surface area contributed by atoms with Gasteiger partial charge in [-0.25, -0.2) is 9.97 Å². The van der Waals surface area contributed by atoms with Crippen molar-refractivity contribution in [2.75, 3.05) is 0 Å². The number of hydrogen-bond acceptors (Lipinski definition) is 5. The van der Waals surface area contributed by atoms with Crippen molar-refractivity contribution < 1.29 is 4.92 Å². The molecular weight excluding hydrogens is 318 g/mol. The largest absolute Gasteiger partial charge is 0.313 e. The zero-order chi connectivity index (χ0) is 11.7. The fraction of sp³-hybridized carbons (Fsp3) is 0.